The van der Waals surface area contributed by atoms with Crippen LogP contribution >= 0.6 is 12.4 Å². The molecule has 0 saturated heterocycles. The van der Waals surface area contributed by atoms with Gasteiger partial charge in [-0.25, -0.2) is 4.39 Å². The Kier molecular flexibility index (Phi) is 3.78. The van der Waals surface area contributed by atoms with Gasteiger partial charge in [0.25, 0.3) is 0 Å². The fraction of sp³-hybridized carbons (Fsp3) is 0.133. The molecule has 0 aliphatic heterocycles. The van der Waals surface area contributed by atoms with E-state index < -0.39 is 0 Å². The Morgan fingerprint density at radius 3 is 2.83 bits per heavy atom. The van der Waals surface area contributed by atoms with E-state index in [-0.39, 0.29) is 18.2 Å². The van der Waals surface area contributed by atoms with Crippen LogP contribution in [0, 0.1) is 5.82 Å². The zero-order valence-corrected chi connectivity index (χ0v) is 10.6. The molecule has 0 fully saturated rings. The first-order valence-corrected chi connectivity index (χ1v) is 5.72. The van der Waals surface area contributed by atoms with Gasteiger partial charge in [0.05, 0.1) is 0 Å². The van der Waals surface area contributed by atoms with E-state index in [0.29, 0.717) is 0 Å². The molecular weight excluding hydrogens is 249 g/mol. The van der Waals surface area contributed by atoms with Gasteiger partial charge < -0.3 is 0 Å². The lowest BCUT2D eigenvalue weighted by Crippen LogP contribution is -1.83. The molecule has 18 heavy (non-hydrogen) atoms. The smallest absolute Gasteiger partial charge is 0.123 e. The highest BCUT2D eigenvalue weighted by atomic mass is 35.5. The molecule has 1 nitrogen and oxygen atoms in total. The van der Waals surface area contributed by atoms with Crippen LogP contribution < -0.4 is 0 Å². The van der Waals surface area contributed by atoms with Gasteiger partial charge in [-0.1, -0.05) is 12.1 Å². The largest absolute Gasteiger partial charge is 0.264 e. The summed E-state index contributed by atoms with van der Waals surface area (Å²) in [5.41, 5.74) is 4.66. The van der Waals surface area contributed by atoms with Crippen molar-refractivity contribution in [2.75, 3.05) is 0 Å². The average Bonchev–Trinajstić information content (AvgIpc) is 2.73. The van der Waals surface area contributed by atoms with Crippen molar-refractivity contribution in [3.63, 3.8) is 0 Å². The quantitative estimate of drug-likeness (QED) is 0.752. The van der Waals surface area contributed by atoms with Crippen molar-refractivity contribution in [1.29, 1.82) is 0 Å². The van der Waals surface area contributed by atoms with E-state index in [2.05, 4.69) is 11.1 Å². The molecule has 0 saturated carbocycles. The van der Waals surface area contributed by atoms with Crippen LogP contribution in [0.2, 0.25) is 0 Å². The highest BCUT2D eigenvalue weighted by Gasteiger charge is 2.16. The monoisotopic (exact) mass is 261 g/mol. The Bertz CT molecular complexity index is 578. The molecule has 1 aromatic carbocycles. The first kappa shape index (κ1) is 12.8. The molecule has 0 amide bonds. The minimum absolute atomic E-state index is 0. The molecule has 0 atom stereocenters. The number of benzene rings is 1. The highest BCUT2D eigenvalue weighted by molar-refractivity contribution is 5.85. The van der Waals surface area contributed by atoms with Crippen LogP contribution in [0.5, 0.6) is 0 Å². The van der Waals surface area contributed by atoms with Gasteiger partial charge in [0.2, 0.25) is 0 Å². The lowest BCUT2D eigenvalue weighted by Gasteiger charge is -2.01. The average molecular weight is 262 g/mol. The third kappa shape index (κ3) is 2.44. The molecule has 1 aromatic heterocycles. The Morgan fingerprint density at radius 2 is 2.06 bits per heavy atom. The third-order valence-corrected chi connectivity index (χ3v) is 3.10. The van der Waals surface area contributed by atoms with E-state index in [4.69, 9.17) is 0 Å². The minimum Gasteiger partial charge on any atom is -0.264 e. The molecule has 92 valence electrons. The number of hydrogen-bond acceptors (Lipinski definition) is 1. The lowest BCUT2D eigenvalue weighted by molar-refractivity contribution is 0.626. The number of pyridine rings is 1. The zero-order valence-electron chi connectivity index (χ0n) is 9.77. The Balaban J connectivity index is 0.00000120. The molecule has 0 unspecified atom stereocenters. The topological polar surface area (TPSA) is 12.9 Å². The Hall–Kier alpha value is -1.67. The van der Waals surface area contributed by atoms with Gasteiger partial charge in [0.1, 0.15) is 5.82 Å². The van der Waals surface area contributed by atoms with Gasteiger partial charge in [-0.3, -0.25) is 4.98 Å². The minimum atomic E-state index is -0.147. The molecule has 0 bridgehead atoms. The standard InChI is InChI=1S/C15H12FN.ClH/c16-14-5-6-15-12(3-4-13(15)9-14)8-11-2-1-7-17-10-11;/h1-2,5-10H,3-4H2;1H/b12-8-;. The summed E-state index contributed by atoms with van der Waals surface area (Å²) in [6, 6.07) is 8.99. The number of allylic oxidation sites excluding steroid dienone is 1. The second kappa shape index (κ2) is 5.32. The molecule has 1 heterocycles. The summed E-state index contributed by atoms with van der Waals surface area (Å²) >= 11 is 0. The molecule has 1 aliphatic rings. The third-order valence-electron chi connectivity index (χ3n) is 3.10. The van der Waals surface area contributed by atoms with E-state index >= 15 is 0 Å². The SMILES string of the molecule is Cl.Fc1ccc2c(c1)CC/C2=C/c1cccnc1. The van der Waals surface area contributed by atoms with E-state index in [1.807, 2.05) is 24.4 Å². The summed E-state index contributed by atoms with van der Waals surface area (Å²) in [7, 11) is 0. The summed E-state index contributed by atoms with van der Waals surface area (Å²) in [6.07, 6.45) is 7.65. The predicted molar refractivity (Wildman–Crippen MR) is 74.1 cm³/mol. The number of aryl methyl sites for hydroxylation is 1. The van der Waals surface area contributed by atoms with Crippen LogP contribution in [-0.4, -0.2) is 4.98 Å². The second-order valence-corrected chi connectivity index (χ2v) is 4.26. The molecule has 3 heteroatoms. The number of hydrogen-bond donors (Lipinski definition) is 0. The van der Waals surface area contributed by atoms with Crippen LogP contribution in [0.25, 0.3) is 11.6 Å². The van der Waals surface area contributed by atoms with Crippen LogP contribution in [-0.2, 0) is 6.42 Å². The normalized spacial score (nSPS) is 15.3. The summed E-state index contributed by atoms with van der Waals surface area (Å²) in [6.45, 7) is 0. The molecule has 3 rings (SSSR count). The molecule has 0 radical (unpaired) electrons. The fourth-order valence-corrected chi connectivity index (χ4v) is 2.30. The highest BCUT2D eigenvalue weighted by Crippen LogP contribution is 2.33. The summed E-state index contributed by atoms with van der Waals surface area (Å²) in [5.74, 6) is -0.147. The van der Waals surface area contributed by atoms with Gasteiger partial charge in [0.15, 0.2) is 0 Å². The van der Waals surface area contributed by atoms with Crippen molar-refractivity contribution in [3.05, 3.63) is 65.2 Å². The van der Waals surface area contributed by atoms with Crippen molar-refractivity contribution < 1.29 is 4.39 Å². The number of rotatable bonds is 1. The first-order chi connectivity index (χ1) is 8.33. The van der Waals surface area contributed by atoms with Crippen LogP contribution in [0.3, 0.4) is 0 Å². The fourth-order valence-electron chi connectivity index (χ4n) is 2.30. The van der Waals surface area contributed by atoms with Crippen molar-refractivity contribution in [1.82, 2.24) is 4.98 Å². The Morgan fingerprint density at radius 1 is 1.17 bits per heavy atom. The van der Waals surface area contributed by atoms with Gasteiger partial charge in [-0.05, 0) is 59.4 Å². The zero-order chi connectivity index (χ0) is 11.7. The lowest BCUT2D eigenvalue weighted by atomic mass is 10.1. The number of nitrogens with zero attached hydrogens (tertiary/aromatic N) is 1. The van der Waals surface area contributed by atoms with Crippen molar-refractivity contribution in [3.8, 4) is 0 Å². The summed E-state index contributed by atoms with van der Waals surface area (Å²) < 4.78 is 13.1. The first-order valence-electron chi connectivity index (χ1n) is 5.72. The van der Waals surface area contributed by atoms with Crippen LogP contribution in [0.4, 0.5) is 4.39 Å². The van der Waals surface area contributed by atoms with Crippen molar-refractivity contribution in [2.24, 2.45) is 0 Å². The molecule has 0 N–H and O–H groups in total. The maximum absolute atomic E-state index is 13.1. The number of fused-ring (bicyclic) bond motifs is 1. The second-order valence-electron chi connectivity index (χ2n) is 4.26. The van der Waals surface area contributed by atoms with E-state index in [1.54, 1.807) is 12.3 Å². The number of halogens is 2. The van der Waals surface area contributed by atoms with E-state index in [0.717, 1.165) is 24.0 Å². The summed E-state index contributed by atoms with van der Waals surface area (Å²) in [5, 5.41) is 0. The molecular formula is C15H13ClFN. The molecule has 1 aliphatic carbocycles. The van der Waals surface area contributed by atoms with Gasteiger partial charge >= 0.3 is 0 Å². The van der Waals surface area contributed by atoms with Crippen molar-refractivity contribution in [2.45, 2.75) is 12.8 Å². The predicted octanol–water partition coefficient (Wildman–Crippen LogP) is 4.13. The van der Waals surface area contributed by atoms with Gasteiger partial charge in [-0.2, -0.15) is 0 Å². The maximum Gasteiger partial charge on any atom is 0.123 e. The maximum atomic E-state index is 13.1. The summed E-state index contributed by atoms with van der Waals surface area (Å²) in [4.78, 5) is 4.09. The molecule has 0 spiro atoms. The Labute approximate surface area is 112 Å². The van der Waals surface area contributed by atoms with Gasteiger partial charge in [-0.15, -0.1) is 12.4 Å². The van der Waals surface area contributed by atoms with Crippen LogP contribution in [0.1, 0.15) is 23.1 Å². The van der Waals surface area contributed by atoms with E-state index in [9.17, 15) is 4.39 Å². The van der Waals surface area contributed by atoms with Gasteiger partial charge in [0, 0.05) is 12.4 Å². The van der Waals surface area contributed by atoms with Crippen molar-refractivity contribution >= 4 is 24.1 Å². The molecule has 2 aromatic rings. The van der Waals surface area contributed by atoms with E-state index in [1.165, 1.54) is 17.2 Å². The van der Waals surface area contributed by atoms with Crippen LogP contribution in [0.15, 0.2) is 42.7 Å². The number of aromatic nitrogens is 1.